The summed E-state index contributed by atoms with van der Waals surface area (Å²) in [6.07, 6.45) is -0.681. The van der Waals surface area contributed by atoms with E-state index < -0.39 is 30.2 Å². The second-order valence-electron chi connectivity index (χ2n) is 8.46. The third-order valence-corrected chi connectivity index (χ3v) is 6.32. The van der Waals surface area contributed by atoms with Gasteiger partial charge in [-0.25, -0.2) is 9.18 Å². The molecule has 0 aliphatic carbocycles. The van der Waals surface area contributed by atoms with Crippen molar-refractivity contribution in [3.8, 4) is 6.07 Å². The second kappa shape index (κ2) is 7.60. The Morgan fingerprint density at radius 3 is 2.48 bits per heavy atom. The molecule has 154 valence electrons. The molecule has 0 spiro atoms. The molecule has 0 radical (unpaired) electrons. The predicted octanol–water partition coefficient (Wildman–Crippen LogP) is 4.42. The highest BCUT2D eigenvalue weighted by atomic mass is 32.1. The van der Waals surface area contributed by atoms with Crippen LogP contribution in [0.4, 0.5) is 14.2 Å². The van der Waals surface area contributed by atoms with Gasteiger partial charge in [-0.15, -0.1) is 11.3 Å². The van der Waals surface area contributed by atoms with Gasteiger partial charge in [0.25, 0.3) is 0 Å². The monoisotopic (exact) mass is 418 g/mol. The number of nitrogens with zero attached hydrogens (tertiary/aromatic N) is 1. The van der Waals surface area contributed by atoms with Crippen molar-refractivity contribution in [3.05, 3.63) is 23.5 Å². The number of hydrogen-bond donors (Lipinski definition) is 1. The molecular weight excluding hydrogens is 394 g/mol. The number of halogens is 1. The standard InChI is InChI=1S/C20H24BFN2O4S/c1-11(2)10-26-18(25)24-17-12(9-23)15-13(7-8-14(22)16(15)29-17)21-27-19(3,4)20(5,6)28-21/h7-8,11H,10H2,1-6H3,(H,24,25). The Balaban J connectivity index is 2.04. The van der Waals surface area contributed by atoms with Gasteiger partial charge in [0, 0.05) is 5.39 Å². The molecule has 1 aromatic carbocycles. The van der Waals surface area contributed by atoms with Crippen LogP contribution in [0, 0.1) is 23.1 Å². The smallest absolute Gasteiger partial charge is 0.449 e. The molecule has 9 heteroatoms. The molecule has 0 atom stereocenters. The van der Waals surface area contributed by atoms with E-state index in [-0.39, 0.29) is 27.8 Å². The number of nitrogens with one attached hydrogen (secondary N) is 1. The van der Waals surface area contributed by atoms with Crippen molar-refractivity contribution in [2.24, 2.45) is 5.92 Å². The Kier molecular flexibility index (Phi) is 5.65. The topological polar surface area (TPSA) is 80.6 Å². The van der Waals surface area contributed by atoms with E-state index in [1.54, 1.807) is 6.07 Å². The molecule has 1 N–H and O–H groups in total. The fourth-order valence-electron chi connectivity index (χ4n) is 2.93. The third-order valence-electron chi connectivity index (χ3n) is 5.21. The fourth-order valence-corrected chi connectivity index (χ4v) is 4.00. The van der Waals surface area contributed by atoms with Crippen LogP contribution in [0.25, 0.3) is 10.1 Å². The molecule has 1 aliphatic heterocycles. The second-order valence-corrected chi connectivity index (χ2v) is 9.48. The maximum atomic E-state index is 14.6. The number of nitriles is 1. The first kappa shape index (κ1) is 21.6. The molecule has 0 saturated carbocycles. The summed E-state index contributed by atoms with van der Waals surface area (Å²) in [4.78, 5) is 12.1. The summed E-state index contributed by atoms with van der Waals surface area (Å²) >= 11 is 0.990. The van der Waals surface area contributed by atoms with Crippen LogP contribution in [0.15, 0.2) is 12.1 Å². The van der Waals surface area contributed by atoms with Gasteiger partial charge in [0.05, 0.1) is 28.1 Å². The lowest BCUT2D eigenvalue weighted by Gasteiger charge is -2.32. The average Bonchev–Trinajstić information content (AvgIpc) is 3.07. The van der Waals surface area contributed by atoms with Crippen LogP contribution >= 0.6 is 11.3 Å². The van der Waals surface area contributed by atoms with Crippen LogP contribution in [0.1, 0.15) is 47.1 Å². The van der Waals surface area contributed by atoms with Gasteiger partial charge in [-0.3, -0.25) is 5.32 Å². The number of carbonyl (C=O) groups is 1. The lowest BCUT2D eigenvalue weighted by atomic mass is 9.76. The average molecular weight is 418 g/mol. The van der Waals surface area contributed by atoms with Gasteiger partial charge >= 0.3 is 13.2 Å². The first-order chi connectivity index (χ1) is 13.5. The Morgan fingerprint density at radius 2 is 1.93 bits per heavy atom. The number of rotatable bonds is 4. The van der Waals surface area contributed by atoms with Crippen LogP contribution in [-0.4, -0.2) is 31.0 Å². The molecule has 1 fully saturated rings. The minimum Gasteiger partial charge on any atom is -0.449 e. The molecule has 1 aliphatic rings. The Bertz CT molecular complexity index is 981. The maximum absolute atomic E-state index is 14.6. The van der Waals surface area contributed by atoms with Crippen molar-refractivity contribution in [2.45, 2.75) is 52.7 Å². The van der Waals surface area contributed by atoms with Crippen molar-refractivity contribution >= 4 is 45.1 Å². The van der Waals surface area contributed by atoms with Gasteiger partial charge in [0.1, 0.15) is 16.9 Å². The SMILES string of the molecule is CC(C)COC(=O)Nc1sc2c(F)ccc(B3OC(C)(C)C(C)(C)O3)c2c1C#N. The van der Waals surface area contributed by atoms with Gasteiger partial charge < -0.3 is 14.0 Å². The van der Waals surface area contributed by atoms with Gasteiger partial charge in [-0.05, 0) is 45.1 Å². The number of thiophene rings is 1. The Labute approximate surface area is 174 Å². The largest absolute Gasteiger partial charge is 0.495 e. The quantitative estimate of drug-likeness (QED) is 0.744. The molecule has 29 heavy (non-hydrogen) atoms. The highest BCUT2D eigenvalue weighted by molar-refractivity contribution is 7.23. The van der Waals surface area contributed by atoms with Crippen molar-refractivity contribution < 1.29 is 23.2 Å². The molecule has 2 aromatic rings. The van der Waals surface area contributed by atoms with Crippen LogP contribution < -0.4 is 10.8 Å². The zero-order valence-electron chi connectivity index (χ0n) is 17.4. The molecule has 0 unspecified atom stereocenters. The van der Waals surface area contributed by atoms with Gasteiger partial charge in [0.2, 0.25) is 0 Å². The maximum Gasteiger partial charge on any atom is 0.495 e. The van der Waals surface area contributed by atoms with E-state index in [0.717, 1.165) is 11.3 Å². The molecule has 0 bridgehead atoms. The van der Waals surface area contributed by atoms with E-state index in [4.69, 9.17) is 14.0 Å². The van der Waals surface area contributed by atoms with Crippen LogP contribution in [0.2, 0.25) is 0 Å². The van der Waals surface area contributed by atoms with Crippen molar-refractivity contribution in [1.29, 1.82) is 5.26 Å². The molecule has 6 nitrogen and oxygen atoms in total. The van der Waals surface area contributed by atoms with Crippen molar-refractivity contribution in [3.63, 3.8) is 0 Å². The van der Waals surface area contributed by atoms with E-state index in [1.165, 1.54) is 6.07 Å². The zero-order valence-corrected chi connectivity index (χ0v) is 18.2. The highest BCUT2D eigenvalue weighted by Crippen LogP contribution is 2.40. The number of ether oxygens (including phenoxy) is 1. The van der Waals surface area contributed by atoms with Crippen LogP contribution in [0.3, 0.4) is 0 Å². The summed E-state index contributed by atoms with van der Waals surface area (Å²) in [6.45, 7) is 11.8. The molecule has 3 rings (SSSR count). The van der Waals surface area contributed by atoms with Crippen LogP contribution in [-0.2, 0) is 14.0 Å². The summed E-state index contributed by atoms with van der Waals surface area (Å²) < 4.78 is 32.1. The predicted molar refractivity (Wildman–Crippen MR) is 112 cm³/mol. The number of benzene rings is 1. The highest BCUT2D eigenvalue weighted by Gasteiger charge is 2.52. The van der Waals surface area contributed by atoms with Gasteiger partial charge in [-0.2, -0.15) is 5.26 Å². The summed E-state index contributed by atoms with van der Waals surface area (Å²) in [5.41, 5.74) is -0.446. The normalized spacial score (nSPS) is 17.6. The summed E-state index contributed by atoms with van der Waals surface area (Å²) in [5.74, 6) is -0.309. The van der Waals surface area contributed by atoms with Gasteiger partial charge in [-0.1, -0.05) is 19.9 Å². The minimum absolute atomic E-state index is 0.163. The Hall–Kier alpha value is -2.15. The first-order valence-electron chi connectivity index (χ1n) is 9.41. The number of amides is 1. The summed E-state index contributed by atoms with van der Waals surface area (Å²) in [6, 6.07) is 4.97. The number of fused-ring (bicyclic) bond motifs is 1. The molecule has 1 aromatic heterocycles. The van der Waals surface area contributed by atoms with E-state index in [2.05, 4.69) is 11.4 Å². The lowest BCUT2D eigenvalue weighted by molar-refractivity contribution is 0.00578. The number of hydrogen-bond acceptors (Lipinski definition) is 6. The van der Waals surface area contributed by atoms with E-state index >= 15 is 0 Å². The molecular formula is C20H24BFN2O4S. The minimum atomic E-state index is -0.759. The van der Waals surface area contributed by atoms with E-state index in [0.29, 0.717) is 10.8 Å². The third kappa shape index (κ3) is 3.97. The zero-order chi connectivity index (χ0) is 21.6. The lowest BCUT2D eigenvalue weighted by Crippen LogP contribution is -2.41. The summed E-state index contributed by atoms with van der Waals surface area (Å²) in [7, 11) is -0.759. The first-order valence-corrected chi connectivity index (χ1v) is 10.2. The van der Waals surface area contributed by atoms with Crippen molar-refractivity contribution in [1.82, 2.24) is 0 Å². The van der Waals surface area contributed by atoms with E-state index in [1.807, 2.05) is 41.5 Å². The number of anilines is 1. The fraction of sp³-hybridized carbons (Fsp3) is 0.500. The van der Waals surface area contributed by atoms with Crippen molar-refractivity contribution in [2.75, 3.05) is 11.9 Å². The molecule has 2 heterocycles. The summed E-state index contributed by atoms with van der Waals surface area (Å²) in [5, 5.41) is 13.0. The van der Waals surface area contributed by atoms with Crippen LogP contribution in [0.5, 0.6) is 0 Å². The Morgan fingerprint density at radius 1 is 1.31 bits per heavy atom. The molecule has 1 saturated heterocycles. The van der Waals surface area contributed by atoms with Gasteiger partial charge in [0.15, 0.2) is 0 Å². The molecule has 1 amide bonds. The number of carbonyl (C=O) groups excluding carboxylic acids is 1. The van der Waals surface area contributed by atoms with E-state index in [9.17, 15) is 14.4 Å².